The average molecular weight is 546 g/mol. The summed E-state index contributed by atoms with van der Waals surface area (Å²) in [6.07, 6.45) is -4.53. The van der Waals surface area contributed by atoms with Crippen molar-refractivity contribution in [3.05, 3.63) is 88.9 Å². The van der Waals surface area contributed by atoms with Crippen LogP contribution in [0.1, 0.15) is 17.5 Å². The molecule has 1 aliphatic heterocycles. The number of nitrogens with zero attached hydrogens (tertiary/aromatic N) is 1. The van der Waals surface area contributed by atoms with Gasteiger partial charge in [0.25, 0.3) is 5.91 Å². The fourth-order valence-electron chi connectivity index (χ4n) is 3.97. The highest BCUT2D eigenvalue weighted by Gasteiger charge is 2.35. The number of amides is 3. The summed E-state index contributed by atoms with van der Waals surface area (Å²) in [6, 6.07) is 18.0. The minimum Gasteiger partial charge on any atom is -0.484 e. The molecule has 1 saturated heterocycles. The maximum absolute atomic E-state index is 13.1. The molecular weight excluding hydrogens is 523 g/mol. The van der Waals surface area contributed by atoms with Gasteiger partial charge in [-0.05, 0) is 54.1 Å². The Bertz CT molecular complexity index is 1310. The van der Waals surface area contributed by atoms with Gasteiger partial charge in [-0.1, -0.05) is 35.9 Å². The van der Waals surface area contributed by atoms with Crippen molar-refractivity contribution in [2.24, 2.45) is 5.92 Å². The van der Waals surface area contributed by atoms with E-state index >= 15 is 0 Å². The van der Waals surface area contributed by atoms with E-state index in [1.54, 1.807) is 24.3 Å². The van der Waals surface area contributed by atoms with Gasteiger partial charge in [-0.15, -0.1) is 0 Å². The molecule has 11 heteroatoms. The molecule has 2 N–H and O–H groups in total. The summed E-state index contributed by atoms with van der Waals surface area (Å²) in [4.78, 5) is 38.8. The van der Waals surface area contributed by atoms with E-state index < -0.39 is 30.2 Å². The van der Waals surface area contributed by atoms with Gasteiger partial charge in [-0.3, -0.25) is 14.4 Å². The lowest BCUT2D eigenvalue weighted by Gasteiger charge is -2.17. The first-order valence-electron chi connectivity index (χ1n) is 11.6. The Morgan fingerprint density at radius 3 is 2.37 bits per heavy atom. The molecule has 3 aromatic rings. The second-order valence-electron chi connectivity index (χ2n) is 8.62. The van der Waals surface area contributed by atoms with Crippen LogP contribution in [0.4, 0.5) is 24.5 Å². The van der Waals surface area contributed by atoms with Gasteiger partial charge < -0.3 is 20.3 Å². The maximum atomic E-state index is 13.1. The Kier molecular flexibility index (Phi) is 8.21. The molecule has 0 radical (unpaired) electrons. The van der Waals surface area contributed by atoms with Crippen molar-refractivity contribution < 1.29 is 32.3 Å². The number of nitrogens with one attached hydrogen (secondary N) is 2. The number of alkyl halides is 3. The number of halogens is 4. The molecule has 0 spiro atoms. The molecule has 7 nitrogen and oxygen atoms in total. The molecule has 1 atom stereocenters. The molecule has 1 heterocycles. The van der Waals surface area contributed by atoms with Crippen LogP contribution in [-0.2, 0) is 27.1 Å². The van der Waals surface area contributed by atoms with Gasteiger partial charge in [-0.2, -0.15) is 13.2 Å². The standard InChI is InChI=1S/C27H23ClF3N3O4/c28-19-7-5-17(6-8-19)14-32-26(37)18-13-25(36)34(15-18)20-9-11-21(12-10-20)38-16-24(35)33-23-4-2-1-3-22(23)27(29,30)31/h1-12,18H,13-16H2,(H,32,37)(H,33,35)/t18-/m1/s1. The predicted molar refractivity (Wildman–Crippen MR) is 136 cm³/mol. The smallest absolute Gasteiger partial charge is 0.418 e. The van der Waals surface area contributed by atoms with Crippen LogP contribution in [0.25, 0.3) is 0 Å². The van der Waals surface area contributed by atoms with E-state index in [9.17, 15) is 27.6 Å². The summed E-state index contributed by atoms with van der Waals surface area (Å²) in [6.45, 7) is 0.0264. The summed E-state index contributed by atoms with van der Waals surface area (Å²) >= 11 is 5.87. The molecule has 0 unspecified atom stereocenters. The normalized spacial score (nSPS) is 15.3. The molecular formula is C27H23ClF3N3O4. The van der Waals surface area contributed by atoms with Crippen LogP contribution in [0, 0.1) is 5.92 Å². The zero-order valence-electron chi connectivity index (χ0n) is 19.9. The van der Waals surface area contributed by atoms with Crippen molar-refractivity contribution in [1.82, 2.24) is 5.32 Å². The van der Waals surface area contributed by atoms with Gasteiger partial charge in [0.2, 0.25) is 11.8 Å². The van der Waals surface area contributed by atoms with E-state index in [1.165, 1.54) is 29.2 Å². The van der Waals surface area contributed by atoms with Crippen molar-refractivity contribution in [2.45, 2.75) is 19.1 Å². The van der Waals surface area contributed by atoms with Gasteiger partial charge in [0.15, 0.2) is 6.61 Å². The fraction of sp³-hybridized carbons (Fsp3) is 0.222. The topological polar surface area (TPSA) is 87.7 Å². The van der Waals surface area contributed by atoms with Crippen molar-refractivity contribution in [3.63, 3.8) is 0 Å². The van der Waals surface area contributed by atoms with Gasteiger partial charge in [-0.25, -0.2) is 0 Å². The number of rotatable bonds is 8. The Hall–Kier alpha value is -4.05. The largest absolute Gasteiger partial charge is 0.484 e. The van der Waals surface area contributed by atoms with Crippen LogP contribution >= 0.6 is 11.6 Å². The SMILES string of the molecule is O=C(COc1ccc(N2C[C@H](C(=O)NCc3ccc(Cl)cc3)CC2=O)cc1)Nc1ccccc1C(F)(F)F. The van der Waals surface area contributed by atoms with E-state index in [0.717, 1.165) is 17.7 Å². The van der Waals surface area contributed by atoms with E-state index in [1.807, 2.05) is 12.1 Å². The lowest BCUT2D eigenvalue weighted by atomic mass is 10.1. The van der Waals surface area contributed by atoms with E-state index in [0.29, 0.717) is 17.3 Å². The summed E-state index contributed by atoms with van der Waals surface area (Å²) in [7, 11) is 0. The zero-order valence-corrected chi connectivity index (χ0v) is 20.7. The number of hydrogen-bond acceptors (Lipinski definition) is 4. The number of anilines is 2. The molecule has 198 valence electrons. The highest BCUT2D eigenvalue weighted by Crippen LogP contribution is 2.34. The third-order valence-electron chi connectivity index (χ3n) is 5.90. The minimum atomic E-state index is -4.61. The molecule has 0 aliphatic carbocycles. The minimum absolute atomic E-state index is 0.0737. The fourth-order valence-corrected chi connectivity index (χ4v) is 4.09. The van der Waals surface area contributed by atoms with Gasteiger partial charge in [0.1, 0.15) is 5.75 Å². The van der Waals surface area contributed by atoms with Gasteiger partial charge in [0, 0.05) is 30.2 Å². The Labute approximate surface area is 221 Å². The lowest BCUT2D eigenvalue weighted by molar-refractivity contribution is -0.137. The first-order chi connectivity index (χ1) is 18.1. The number of hydrogen-bond donors (Lipinski definition) is 2. The molecule has 0 aromatic heterocycles. The molecule has 1 aliphatic rings. The highest BCUT2D eigenvalue weighted by molar-refractivity contribution is 6.30. The number of ether oxygens (including phenoxy) is 1. The van der Waals surface area contributed by atoms with Crippen LogP contribution in [-0.4, -0.2) is 30.9 Å². The van der Waals surface area contributed by atoms with Crippen molar-refractivity contribution in [3.8, 4) is 5.75 Å². The van der Waals surface area contributed by atoms with Crippen molar-refractivity contribution >= 4 is 40.7 Å². The van der Waals surface area contributed by atoms with Gasteiger partial charge >= 0.3 is 6.18 Å². The van der Waals surface area contributed by atoms with E-state index in [-0.39, 0.29) is 36.2 Å². The molecule has 0 bridgehead atoms. The predicted octanol–water partition coefficient (Wildman–Crippen LogP) is 5.05. The lowest BCUT2D eigenvalue weighted by Crippen LogP contribution is -2.32. The second-order valence-corrected chi connectivity index (χ2v) is 9.06. The maximum Gasteiger partial charge on any atom is 0.418 e. The number of para-hydroxylation sites is 1. The highest BCUT2D eigenvalue weighted by atomic mass is 35.5. The Morgan fingerprint density at radius 1 is 1.00 bits per heavy atom. The Morgan fingerprint density at radius 2 is 1.68 bits per heavy atom. The Balaban J connectivity index is 1.28. The first kappa shape index (κ1) is 27.0. The van der Waals surface area contributed by atoms with E-state index in [2.05, 4.69) is 10.6 Å². The summed E-state index contributed by atoms with van der Waals surface area (Å²) < 4.78 is 44.7. The third kappa shape index (κ3) is 6.83. The molecule has 0 saturated carbocycles. The van der Waals surface area contributed by atoms with Crippen LogP contribution in [0.2, 0.25) is 5.02 Å². The zero-order chi connectivity index (χ0) is 27.3. The molecule has 4 rings (SSSR count). The van der Waals surface area contributed by atoms with Crippen LogP contribution < -0.4 is 20.3 Å². The van der Waals surface area contributed by atoms with Crippen LogP contribution in [0.5, 0.6) is 5.75 Å². The molecule has 3 amide bonds. The summed E-state index contributed by atoms with van der Waals surface area (Å²) in [5, 5.41) is 5.64. The monoisotopic (exact) mass is 545 g/mol. The van der Waals surface area contributed by atoms with Crippen LogP contribution in [0.15, 0.2) is 72.8 Å². The molecule has 1 fully saturated rings. The summed E-state index contributed by atoms with van der Waals surface area (Å²) in [5.41, 5.74) is 0.130. The number of carbonyl (C=O) groups is 3. The van der Waals surface area contributed by atoms with Gasteiger partial charge in [0.05, 0.1) is 17.2 Å². The second kappa shape index (κ2) is 11.6. The van der Waals surface area contributed by atoms with E-state index in [4.69, 9.17) is 16.3 Å². The van der Waals surface area contributed by atoms with Crippen molar-refractivity contribution in [1.29, 1.82) is 0 Å². The third-order valence-corrected chi connectivity index (χ3v) is 6.15. The summed E-state index contributed by atoms with van der Waals surface area (Å²) in [5.74, 6) is -1.40. The molecule has 38 heavy (non-hydrogen) atoms. The molecule has 3 aromatic carbocycles. The number of carbonyl (C=O) groups excluding carboxylic acids is 3. The average Bonchev–Trinajstić information content (AvgIpc) is 3.28. The quantitative estimate of drug-likeness (QED) is 0.415. The van der Waals surface area contributed by atoms with Crippen LogP contribution in [0.3, 0.4) is 0 Å². The number of benzene rings is 3. The van der Waals surface area contributed by atoms with Crippen molar-refractivity contribution in [2.75, 3.05) is 23.4 Å². The first-order valence-corrected chi connectivity index (χ1v) is 12.0.